The molecule has 2 saturated carbocycles. The monoisotopic (exact) mass is 460 g/mol. The number of ether oxygens (including phenoxy) is 1. The fraction of sp³-hybridized carbons (Fsp3) is 0.250. The van der Waals surface area contributed by atoms with Crippen LogP contribution in [0.25, 0.3) is 0 Å². The van der Waals surface area contributed by atoms with Crippen molar-refractivity contribution in [3.63, 3.8) is 0 Å². The lowest BCUT2D eigenvalue weighted by Crippen LogP contribution is -2.18. The summed E-state index contributed by atoms with van der Waals surface area (Å²) in [7, 11) is 0. The SMILES string of the molecule is c1ccc(C2CC2NCc2ccccc2Oc2ccccc2CNC2CC2c2ccccc2)cc1. The van der Waals surface area contributed by atoms with Gasteiger partial charge in [-0.1, -0.05) is 97.1 Å². The summed E-state index contributed by atoms with van der Waals surface area (Å²) in [6, 6.07) is 39.5. The van der Waals surface area contributed by atoms with Gasteiger partial charge >= 0.3 is 0 Å². The first-order valence-corrected chi connectivity index (χ1v) is 12.8. The summed E-state index contributed by atoms with van der Waals surface area (Å²) in [6.07, 6.45) is 2.40. The molecule has 2 aliphatic carbocycles. The second-order valence-electron chi connectivity index (χ2n) is 9.80. The molecule has 0 spiro atoms. The van der Waals surface area contributed by atoms with Crippen molar-refractivity contribution in [3.8, 4) is 11.5 Å². The molecule has 35 heavy (non-hydrogen) atoms. The first kappa shape index (κ1) is 22.1. The van der Waals surface area contributed by atoms with Crippen LogP contribution in [0.3, 0.4) is 0 Å². The molecule has 4 unspecified atom stereocenters. The summed E-state index contributed by atoms with van der Waals surface area (Å²) < 4.78 is 6.49. The van der Waals surface area contributed by atoms with Crippen LogP contribution >= 0.6 is 0 Å². The van der Waals surface area contributed by atoms with E-state index in [1.165, 1.54) is 35.1 Å². The number of rotatable bonds is 10. The molecule has 3 heteroatoms. The van der Waals surface area contributed by atoms with Gasteiger partial charge < -0.3 is 15.4 Å². The average Bonchev–Trinajstić information content (AvgIpc) is 3.84. The second kappa shape index (κ2) is 10.1. The molecule has 0 radical (unpaired) electrons. The maximum absolute atomic E-state index is 6.49. The van der Waals surface area contributed by atoms with Crippen LogP contribution < -0.4 is 15.4 Å². The fourth-order valence-electron chi connectivity index (χ4n) is 5.08. The van der Waals surface area contributed by atoms with E-state index in [0.29, 0.717) is 23.9 Å². The number of nitrogens with one attached hydrogen (secondary N) is 2. The van der Waals surface area contributed by atoms with E-state index in [1.54, 1.807) is 0 Å². The first-order valence-electron chi connectivity index (χ1n) is 12.8. The molecule has 0 bridgehead atoms. The average molecular weight is 461 g/mol. The molecule has 4 aromatic rings. The first-order chi connectivity index (χ1) is 17.3. The Hall–Kier alpha value is -3.40. The molecular weight excluding hydrogens is 428 g/mol. The summed E-state index contributed by atoms with van der Waals surface area (Å²) in [5.74, 6) is 3.10. The van der Waals surface area contributed by atoms with Gasteiger partial charge in [0, 0.05) is 48.1 Å². The Bertz CT molecular complexity index is 1160. The summed E-state index contributed by atoms with van der Waals surface area (Å²) in [6.45, 7) is 1.62. The zero-order chi connectivity index (χ0) is 23.5. The van der Waals surface area contributed by atoms with E-state index in [0.717, 1.165) is 24.6 Å². The molecule has 4 atom stereocenters. The Labute approximate surface area is 208 Å². The van der Waals surface area contributed by atoms with Gasteiger partial charge in [0.1, 0.15) is 11.5 Å². The van der Waals surface area contributed by atoms with Crippen LogP contribution in [0.4, 0.5) is 0 Å². The minimum absolute atomic E-state index is 0.540. The fourth-order valence-corrected chi connectivity index (χ4v) is 5.08. The van der Waals surface area contributed by atoms with E-state index in [4.69, 9.17) is 4.74 Å². The molecule has 0 amide bonds. The summed E-state index contributed by atoms with van der Waals surface area (Å²) in [5.41, 5.74) is 5.25. The molecule has 176 valence electrons. The van der Waals surface area contributed by atoms with Crippen LogP contribution in [0, 0.1) is 0 Å². The summed E-state index contributed by atoms with van der Waals surface area (Å²) in [5, 5.41) is 7.48. The highest BCUT2D eigenvalue weighted by molar-refractivity contribution is 5.42. The number of para-hydroxylation sites is 2. The highest BCUT2D eigenvalue weighted by Gasteiger charge is 2.38. The number of hydrogen-bond acceptors (Lipinski definition) is 3. The minimum Gasteiger partial charge on any atom is -0.457 e. The van der Waals surface area contributed by atoms with Crippen molar-refractivity contribution in [2.75, 3.05) is 0 Å². The number of hydrogen-bond donors (Lipinski definition) is 2. The molecule has 0 heterocycles. The third-order valence-corrected chi connectivity index (χ3v) is 7.31. The topological polar surface area (TPSA) is 33.3 Å². The second-order valence-corrected chi connectivity index (χ2v) is 9.80. The van der Waals surface area contributed by atoms with Gasteiger partial charge in [0.2, 0.25) is 0 Å². The van der Waals surface area contributed by atoms with Gasteiger partial charge in [0.15, 0.2) is 0 Å². The van der Waals surface area contributed by atoms with Gasteiger partial charge in [-0.15, -0.1) is 0 Å². The van der Waals surface area contributed by atoms with Gasteiger partial charge in [0.25, 0.3) is 0 Å². The molecule has 0 aromatic heterocycles. The highest BCUT2D eigenvalue weighted by Crippen LogP contribution is 2.42. The Kier molecular flexibility index (Phi) is 6.35. The summed E-state index contributed by atoms with van der Waals surface area (Å²) in [4.78, 5) is 0. The molecule has 0 aliphatic heterocycles. The largest absolute Gasteiger partial charge is 0.457 e. The van der Waals surface area contributed by atoms with Gasteiger partial charge in [0.05, 0.1) is 0 Å². The predicted molar refractivity (Wildman–Crippen MR) is 142 cm³/mol. The number of benzene rings is 4. The maximum Gasteiger partial charge on any atom is 0.131 e. The third-order valence-electron chi connectivity index (χ3n) is 7.31. The van der Waals surface area contributed by atoms with Crippen molar-refractivity contribution < 1.29 is 4.74 Å². The minimum atomic E-state index is 0.540. The predicted octanol–water partition coefficient (Wildman–Crippen LogP) is 6.77. The molecule has 3 nitrogen and oxygen atoms in total. The Morgan fingerprint density at radius 3 is 1.37 bits per heavy atom. The van der Waals surface area contributed by atoms with Crippen molar-refractivity contribution in [3.05, 3.63) is 131 Å². The van der Waals surface area contributed by atoms with Crippen molar-refractivity contribution in [2.45, 2.75) is 49.9 Å². The molecule has 2 fully saturated rings. The maximum atomic E-state index is 6.49. The van der Waals surface area contributed by atoms with Crippen molar-refractivity contribution in [1.82, 2.24) is 10.6 Å². The lowest BCUT2D eigenvalue weighted by atomic mass is 10.1. The van der Waals surface area contributed by atoms with Crippen molar-refractivity contribution >= 4 is 0 Å². The zero-order valence-corrected chi connectivity index (χ0v) is 19.9. The molecule has 6 rings (SSSR count). The Balaban J connectivity index is 1.07. The van der Waals surface area contributed by atoms with Crippen LogP contribution in [0.1, 0.15) is 46.9 Å². The van der Waals surface area contributed by atoms with Gasteiger partial charge in [-0.3, -0.25) is 0 Å². The van der Waals surface area contributed by atoms with Crippen molar-refractivity contribution in [1.29, 1.82) is 0 Å². The van der Waals surface area contributed by atoms with E-state index in [9.17, 15) is 0 Å². The van der Waals surface area contributed by atoms with E-state index in [2.05, 4.69) is 120 Å². The van der Waals surface area contributed by atoms with E-state index in [-0.39, 0.29) is 0 Å². The molecule has 2 N–H and O–H groups in total. The highest BCUT2D eigenvalue weighted by atomic mass is 16.5. The van der Waals surface area contributed by atoms with Gasteiger partial charge in [-0.05, 0) is 36.1 Å². The lowest BCUT2D eigenvalue weighted by molar-refractivity contribution is 0.463. The summed E-state index contributed by atoms with van der Waals surface area (Å²) >= 11 is 0. The lowest BCUT2D eigenvalue weighted by Gasteiger charge is -2.15. The molecule has 0 saturated heterocycles. The van der Waals surface area contributed by atoms with E-state index < -0.39 is 0 Å². The smallest absolute Gasteiger partial charge is 0.131 e. The van der Waals surface area contributed by atoms with Crippen LogP contribution in [0.5, 0.6) is 11.5 Å². The Morgan fingerprint density at radius 2 is 0.914 bits per heavy atom. The van der Waals surface area contributed by atoms with Crippen LogP contribution in [0.2, 0.25) is 0 Å². The quantitative estimate of drug-likeness (QED) is 0.274. The van der Waals surface area contributed by atoms with Crippen LogP contribution in [-0.4, -0.2) is 12.1 Å². The third kappa shape index (κ3) is 5.32. The molecule has 2 aliphatic rings. The normalized spacial score (nSPS) is 22.5. The van der Waals surface area contributed by atoms with E-state index in [1.807, 2.05) is 0 Å². The van der Waals surface area contributed by atoms with Crippen molar-refractivity contribution in [2.24, 2.45) is 0 Å². The van der Waals surface area contributed by atoms with Crippen LogP contribution in [-0.2, 0) is 13.1 Å². The zero-order valence-electron chi connectivity index (χ0n) is 19.9. The Morgan fingerprint density at radius 1 is 0.514 bits per heavy atom. The van der Waals surface area contributed by atoms with Crippen LogP contribution in [0.15, 0.2) is 109 Å². The van der Waals surface area contributed by atoms with Gasteiger partial charge in [-0.2, -0.15) is 0 Å². The molecular formula is C32H32N2O. The van der Waals surface area contributed by atoms with Gasteiger partial charge in [-0.25, -0.2) is 0 Å². The van der Waals surface area contributed by atoms with E-state index >= 15 is 0 Å². The standard InChI is InChI=1S/C32H32N2O/c1-3-11-23(12-4-1)27-19-29(27)33-21-25-15-7-9-17-31(25)35-32-18-10-8-16-26(32)22-34-30-20-28(30)24-13-5-2-6-14-24/h1-18,27-30,33-34H,19-22H2. The molecule has 4 aromatic carbocycles.